The number of fused-ring (bicyclic) bond motifs is 1. The average molecular weight is 366 g/mol. The number of para-hydroxylation sites is 1. The average Bonchev–Trinajstić information content (AvgIpc) is 3.13. The molecule has 0 radical (unpaired) electrons. The van der Waals surface area contributed by atoms with Gasteiger partial charge in [0.15, 0.2) is 0 Å². The summed E-state index contributed by atoms with van der Waals surface area (Å²) in [5.74, 6) is -4.16. The highest BCUT2D eigenvalue weighted by atomic mass is 16.4. The molecule has 2 saturated heterocycles. The Labute approximate surface area is 155 Å². The summed E-state index contributed by atoms with van der Waals surface area (Å²) in [7, 11) is 0. The summed E-state index contributed by atoms with van der Waals surface area (Å²) in [5, 5.41) is 22.6. The standard InChI is InChI=1S/C20H18N2O5/c1-10-5-4-6-11(9-10)22-18(24)14-15(19(22)25)17(20(26)27)21-16(14)12-7-2-3-8-13(12)23/h2-9,14-17,21,23H,1H3,(H,26,27)/t14-,15-,16-,17+/m0/s1. The molecule has 27 heavy (non-hydrogen) atoms. The smallest absolute Gasteiger partial charge is 0.321 e. The first-order valence-corrected chi connectivity index (χ1v) is 8.61. The minimum atomic E-state index is -1.20. The Morgan fingerprint density at radius 3 is 2.41 bits per heavy atom. The van der Waals surface area contributed by atoms with Crippen molar-refractivity contribution in [3.63, 3.8) is 0 Å². The van der Waals surface area contributed by atoms with Gasteiger partial charge in [-0.1, -0.05) is 30.3 Å². The zero-order valence-corrected chi connectivity index (χ0v) is 14.5. The molecule has 0 bridgehead atoms. The molecule has 4 atom stereocenters. The molecule has 7 heteroatoms. The first-order valence-electron chi connectivity index (χ1n) is 8.61. The Hall–Kier alpha value is -3.19. The zero-order valence-electron chi connectivity index (χ0n) is 14.5. The van der Waals surface area contributed by atoms with Crippen LogP contribution in [0.5, 0.6) is 5.75 Å². The van der Waals surface area contributed by atoms with Crippen LogP contribution in [0, 0.1) is 18.8 Å². The van der Waals surface area contributed by atoms with Gasteiger partial charge in [0, 0.05) is 11.6 Å². The van der Waals surface area contributed by atoms with E-state index in [0.717, 1.165) is 10.5 Å². The van der Waals surface area contributed by atoms with Gasteiger partial charge in [0.1, 0.15) is 11.8 Å². The lowest BCUT2D eigenvalue weighted by molar-refractivity contribution is -0.142. The number of rotatable bonds is 3. The minimum Gasteiger partial charge on any atom is -0.508 e. The van der Waals surface area contributed by atoms with Crippen LogP contribution in [0.25, 0.3) is 0 Å². The number of hydrogen-bond acceptors (Lipinski definition) is 5. The number of aryl methyl sites for hydroxylation is 1. The minimum absolute atomic E-state index is 0.0472. The maximum Gasteiger partial charge on any atom is 0.321 e. The summed E-state index contributed by atoms with van der Waals surface area (Å²) in [6, 6.07) is 11.4. The van der Waals surface area contributed by atoms with Crippen LogP contribution >= 0.6 is 0 Å². The summed E-state index contributed by atoms with van der Waals surface area (Å²) >= 11 is 0. The lowest BCUT2D eigenvalue weighted by atomic mass is 9.86. The molecule has 0 spiro atoms. The van der Waals surface area contributed by atoms with Gasteiger partial charge in [-0.3, -0.25) is 19.7 Å². The van der Waals surface area contributed by atoms with Crippen LogP contribution in [0.2, 0.25) is 0 Å². The molecule has 0 saturated carbocycles. The topological polar surface area (TPSA) is 107 Å². The molecule has 2 aliphatic heterocycles. The molecule has 2 heterocycles. The molecule has 0 aromatic heterocycles. The van der Waals surface area contributed by atoms with Crippen molar-refractivity contribution >= 4 is 23.5 Å². The van der Waals surface area contributed by atoms with Gasteiger partial charge < -0.3 is 10.2 Å². The number of phenolic OH excluding ortho intramolecular Hbond substituents is 1. The number of aliphatic carboxylic acids is 1. The first kappa shape index (κ1) is 17.2. The Bertz CT molecular complexity index is 957. The molecule has 0 aliphatic carbocycles. The second-order valence-corrected chi connectivity index (χ2v) is 6.92. The van der Waals surface area contributed by atoms with E-state index in [-0.39, 0.29) is 5.75 Å². The van der Waals surface area contributed by atoms with E-state index in [4.69, 9.17) is 0 Å². The van der Waals surface area contributed by atoms with E-state index < -0.39 is 41.7 Å². The maximum absolute atomic E-state index is 13.2. The fraction of sp³-hybridized carbons (Fsp3) is 0.250. The quantitative estimate of drug-likeness (QED) is 0.713. The highest BCUT2D eigenvalue weighted by Gasteiger charge is 2.61. The number of hydrogen-bond donors (Lipinski definition) is 3. The van der Waals surface area contributed by atoms with Crippen LogP contribution in [-0.4, -0.2) is 34.0 Å². The summed E-state index contributed by atoms with van der Waals surface area (Å²) in [6.07, 6.45) is 0. The Balaban J connectivity index is 1.80. The number of carbonyl (C=O) groups excluding carboxylic acids is 2. The number of carboxylic acid groups (broad SMARTS) is 1. The van der Waals surface area contributed by atoms with Crippen LogP contribution in [0.15, 0.2) is 48.5 Å². The fourth-order valence-electron chi connectivity index (χ4n) is 4.09. The van der Waals surface area contributed by atoms with Gasteiger partial charge >= 0.3 is 5.97 Å². The van der Waals surface area contributed by atoms with E-state index in [9.17, 15) is 24.6 Å². The fourth-order valence-corrected chi connectivity index (χ4v) is 4.09. The third-order valence-corrected chi connectivity index (χ3v) is 5.27. The molecule has 2 fully saturated rings. The number of nitrogens with one attached hydrogen (secondary N) is 1. The Kier molecular flexibility index (Phi) is 3.96. The van der Waals surface area contributed by atoms with Crippen molar-refractivity contribution in [1.29, 1.82) is 0 Å². The largest absolute Gasteiger partial charge is 0.508 e. The molecule has 2 aromatic carbocycles. The van der Waals surface area contributed by atoms with E-state index in [2.05, 4.69) is 5.32 Å². The number of phenols is 1. The molecule has 3 N–H and O–H groups in total. The third kappa shape index (κ3) is 2.59. The number of nitrogens with zero attached hydrogens (tertiary/aromatic N) is 1. The van der Waals surface area contributed by atoms with Gasteiger partial charge in [0.25, 0.3) is 0 Å². The molecule has 7 nitrogen and oxygen atoms in total. The molecule has 138 valence electrons. The molecule has 2 aromatic rings. The van der Waals surface area contributed by atoms with Crippen molar-refractivity contribution in [1.82, 2.24) is 5.32 Å². The van der Waals surface area contributed by atoms with Crippen molar-refractivity contribution < 1.29 is 24.6 Å². The second-order valence-electron chi connectivity index (χ2n) is 6.92. The normalized spacial score (nSPS) is 27.1. The van der Waals surface area contributed by atoms with Crippen molar-refractivity contribution in [2.45, 2.75) is 19.0 Å². The van der Waals surface area contributed by atoms with Crippen molar-refractivity contribution in [3.8, 4) is 5.75 Å². The van der Waals surface area contributed by atoms with Crippen molar-refractivity contribution in [2.75, 3.05) is 4.90 Å². The third-order valence-electron chi connectivity index (χ3n) is 5.27. The van der Waals surface area contributed by atoms with Crippen molar-refractivity contribution in [3.05, 3.63) is 59.7 Å². The van der Waals surface area contributed by atoms with E-state index in [1.807, 2.05) is 13.0 Å². The van der Waals surface area contributed by atoms with E-state index in [1.165, 1.54) is 6.07 Å². The summed E-state index contributed by atoms with van der Waals surface area (Å²) in [6.45, 7) is 1.85. The molecular formula is C20H18N2O5. The van der Waals surface area contributed by atoms with Gasteiger partial charge in [-0.2, -0.15) is 0 Å². The molecule has 0 unspecified atom stereocenters. The lowest BCUT2D eigenvalue weighted by Crippen LogP contribution is -2.43. The van der Waals surface area contributed by atoms with Gasteiger partial charge in [-0.25, -0.2) is 4.90 Å². The van der Waals surface area contributed by atoms with Gasteiger partial charge in [0.05, 0.1) is 17.5 Å². The molecule has 4 rings (SSSR count). The highest BCUT2D eigenvalue weighted by Crippen LogP contribution is 2.46. The first-order chi connectivity index (χ1) is 12.9. The monoisotopic (exact) mass is 366 g/mol. The van der Waals surface area contributed by atoms with Crippen LogP contribution in [-0.2, 0) is 14.4 Å². The summed E-state index contributed by atoms with van der Waals surface area (Å²) in [5.41, 5.74) is 1.72. The number of benzene rings is 2. The molecular weight excluding hydrogens is 348 g/mol. The summed E-state index contributed by atoms with van der Waals surface area (Å²) in [4.78, 5) is 39.0. The number of amides is 2. The van der Waals surface area contributed by atoms with Crippen LogP contribution in [0.1, 0.15) is 17.2 Å². The van der Waals surface area contributed by atoms with E-state index >= 15 is 0 Å². The van der Waals surface area contributed by atoms with Crippen LogP contribution in [0.3, 0.4) is 0 Å². The summed E-state index contributed by atoms with van der Waals surface area (Å²) < 4.78 is 0. The number of imide groups is 1. The molecule has 2 amide bonds. The Morgan fingerprint density at radius 2 is 1.74 bits per heavy atom. The van der Waals surface area contributed by atoms with E-state index in [1.54, 1.807) is 36.4 Å². The van der Waals surface area contributed by atoms with Crippen molar-refractivity contribution in [2.24, 2.45) is 11.8 Å². The van der Waals surface area contributed by atoms with Gasteiger partial charge in [0.2, 0.25) is 11.8 Å². The predicted octanol–water partition coefficient (Wildman–Crippen LogP) is 1.60. The zero-order chi connectivity index (χ0) is 19.3. The maximum atomic E-state index is 13.2. The number of aromatic hydroxyl groups is 1. The number of carbonyl (C=O) groups is 3. The Morgan fingerprint density at radius 1 is 1.04 bits per heavy atom. The van der Waals surface area contributed by atoms with Gasteiger partial charge in [-0.05, 0) is 30.7 Å². The predicted molar refractivity (Wildman–Crippen MR) is 96.1 cm³/mol. The lowest BCUT2D eigenvalue weighted by Gasteiger charge is -2.22. The van der Waals surface area contributed by atoms with E-state index in [0.29, 0.717) is 11.3 Å². The molecule has 2 aliphatic rings. The highest BCUT2D eigenvalue weighted by molar-refractivity contribution is 6.23. The van der Waals surface area contributed by atoms with Crippen LogP contribution < -0.4 is 10.2 Å². The number of carboxylic acids is 1. The van der Waals surface area contributed by atoms with Crippen LogP contribution in [0.4, 0.5) is 5.69 Å². The SMILES string of the molecule is Cc1cccc(N2C(=O)[C@H]3[C@H](C2=O)[C@H](c2ccccc2O)N[C@H]3C(=O)O)c1. The van der Waals surface area contributed by atoms with Gasteiger partial charge in [-0.15, -0.1) is 0 Å². The number of anilines is 1. The second kappa shape index (κ2) is 6.21.